The molecule has 21 heavy (non-hydrogen) atoms. The van der Waals surface area contributed by atoms with E-state index in [9.17, 15) is 22.1 Å². The van der Waals surface area contributed by atoms with Gasteiger partial charge >= 0.3 is 13.8 Å². The van der Waals surface area contributed by atoms with Crippen molar-refractivity contribution in [3.8, 4) is 0 Å². The van der Waals surface area contributed by atoms with Gasteiger partial charge in [-0.2, -0.15) is 13.2 Å². The third kappa shape index (κ3) is 4.26. The van der Waals surface area contributed by atoms with Crippen LogP contribution in [0.5, 0.6) is 0 Å². The lowest BCUT2D eigenvalue weighted by Gasteiger charge is -2.25. The van der Waals surface area contributed by atoms with Gasteiger partial charge in [0.2, 0.25) is 0 Å². The number of nitrogens with two attached hydrogens (primary N) is 1. The van der Waals surface area contributed by atoms with Crippen LogP contribution in [0.2, 0.25) is 0 Å². The zero-order valence-electron chi connectivity index (χ0n) is 11.5. The molecule has 0 radical (unpaired) electrons. The standard InChI is InChI=1S/C12H16F4NO3P/c1-3-19-21(18,20-4-2)11(17)9-6-5-8(13)7-10(9)12(14,15)16/h5-7,11H,3-4,17H2,1-2H3/t11-/m0/s1. The second-order valence-corrected chi connectivity index (χ2v) is 6.20. The first-order chi connectivity index (χ1) is 9.65. The van der Waals surface area contributed by atoms with Crippen molar-refractivity contribution in [3.05, 3.63) is 35.1 Å². The molecule has 0 aliphatic rings. The summed E-state index contributed by atoms with van der Waals surface area (Å²) in [4.78, 5) is 0. The maximum Gasteiger partial charge on any atom is 0.416 e. The van der Waals surface area contributed by atoms with Crippen molar-refractivity contribution in [2.24, 2.45) is 5.73 Å². The highest BCUT2D eigenvalue weighted by atomic mass is 31.2. The minimum atomic E-state index is -4.84. The number of benzene rings is 1. The molecule has 0 bridgehead atoms. The molecule has 0 aromatic heterocycles. The lowest BCUT2D eigenvalue weighted by atomic mass is 10.1. The number of hydrogen-bond donors (Lipinski definition) is 1. The Morgan fingerprint density at radius 3 is 2.19 bits per heavy atom. The van der Waals surface area contributed by atoms with Gasteiger partial charge in [-0.05, 0) is 31.5 Å². The van der Waals surface area contributed by atoms with E-state index in [1.54, 1.807) is 0 Å². The first-order valence-corrected chi connectivity index (χ1v) is 7.78. The van der Waals surface area contributed by atoms with Gasteiger partial charge in [-0.1, -0.05) is 6.07 Å². The van der Waals surface area contributed by atoms with Gasteiger partial charge in [-0.3, -0.25) is 4.57 Å². The molecule has 0 fully saturated rings. The fraction of sp³-hybridized carbons (Fsp3) is 0.500. The van der Waals surface area contributed by atoms with E-state index in [2.05, 4.69) is 0 Å². The van der Waals surface area contributed by atoms with Crippen LogP contribution in [-0.4, -0.2) is 13.2 Å². The summed E-state index contributed by atoms with van der Waals surface area (Å²) in [6, 6.07) is 1.96. The number of halogens is 4. The van der Waals surface area contributed by atoms with Crippen LogP contribution in [-0.2, 0) is 19.8 Å². The Labute approximate surface area is 119 Å². The SMILES string of the molecule is CCOP(=O)(OCC)[C@H](N)c1ccc(F)cc1C(F)(F)F. The van der Waals surface area contributed by atoms with Crippen molar-refractivity contribution in [2.45, 2.75) is 25.8 Å². The van der Waals surface area contributed by atoms with E-state index in [-0.39, 0.29) is 13.2 Å². The van der Waals surface area contributed by atoms with Crippen molar-refractivity contribution >= 4 is 7.60 Å². The summed E-state index contributed by atoms with van der Waals surface area (Å²) >= 11 is 0. The molecular formula is C12H16F4NO3P. The van der Waals surface area contributed by atoms with Crippen LogP contribution >= 0.6 is 7.60 Å². The van der Waals surface area contributed by atoms with Crippen LogP contribution in [0.3, 0.4) is 0 Å². The highest BCUT2D eigenvalue weighted by molar-refractivity contribution is 7.54. The largest absolute Gasteiger partial charge is 0.416 e. The van der Waals surface area contributed by atoms with Crippen LogP contribution in [0.4, 0.5) is 17.6 Å². The monoisotopic (exact) mass is 329 g/mol. The van der Waals surface area contributed by atoms with Gasteiger partial charge in [0, 0.05) is 0 Å². The highest BCUT2D eigenvalue weighted by Crippen LogP contribution is 2.59. The second-order valence-electron chi connectivity index (χ2n) is 4.05. The zero-order chi connectivity index (χ0) is 16.3. The minimum Gasteiger partial charge on any atom is -0.314 e. The molecule has 0 amide bonds. The van der Waals surface area contributed by atoms with Gasteiger partial charge in [0.05, 0.1) is 18.8 Å². The van der Waals surface area contributed by atoms with Crippen LogP contribution in [0, 0.1) is 5.82 Å². The van der Waals surface area contributed by atoms with E-state index in [0.717, 1.165) is 12.1 Å². The van der Waals surface area contributed by atoms with Crippen molar-refractivity contribution in [2.75, 3.05) is 13.2 Å². The summed E-state index contributed by atoms with van der Waals surface area (Å²) in [6.07, 6.45) is -4.84. The number of rotatable bonds is 6. The molecule has 0 unspecified atom stereocenters. The lowest BCUT2D eigenvalue weighted by Crippen LogP contribution is -2.20. The zero-order valence-corrected chi connectivity index (χ0v) is 12.4. The molecule has 1 atom stereocenters. The summed E-state index contributed by atoms with van der Waals surface area (Å²) < 4.78 is 74.2. The Morgan fingerprint density at radius 2 is 1.76 bits per heavy atom. The van der Waals surface area contributed by atoms with E-state index in [4.69, 9.17) is 14.8 Å². The molecule has 0 heterocycles. The molecule has 0 spiro atoms. The van der Waals surface area contributed by atoms with Gasteiger partial charge in [-0.25, -0.2) is 4.39 Å². The Kier molecular flexibility index (Phi) is 5.92. The quantitative estimate of drug-likeness (QED) is 0.631. The van der Waals surface area contributed by atoms with Gasteiger partial charge in [0.25, 0.3) is 0 Å². The van der Waals surface area contributed by atoms with Gasteiger partial charge in [0.15, 0.2) is 0 Å². The van der Waals surface area contributed by atoms with Gasteiger partial charge in [-0.15, -0.1) is 0 Å². The average molecular weight is 329 g/mol. The molecule has 4 nitrogen and oxygen atoms in total. The fourth-order valence-electron chi connectivity index (χ4n) is 1.76. The van der Waals surface area contributed by atoms with Gasteiger partial charge < -0.3 is 14.8 Å². The van der Waals surface area contributed by atoms with Crippen LogP contribution in [0.15, 0.2) is 18.2 Å². The van der Waals surface area contributed by atoms with E-state index < -0.39 is 36.5 Å². The third-order valence-corrected chi connectivity index (χ3v) is 4.79. The van der Waals surface area contributed by atoms with E-state index in [1.807, 2.05) is 0 Å². The van der Waals surface area contributed by atoms with Crippen molar-refractivity contribution in [3.63, 3.8) is 0 Å². The summed E-state index contributed by atoms with van der Waals surface area (Å²) in [7, 11) is -3.99. The Hall–Kier alpha value is -0.950. The summed E-state index contributed by atoms with van der Waals surface area (Å²) in [5.74, 6) is -2.73. The van der Waals surface area contributed by atoms with Crippen molar-refractivity contribution in [1.29, 1.82) is 0 Å². The molecule has 1 aromatic rings. The Balaban J connectivity index is 3.34. The van der Waals surface area contributed by atoms with E-state index >= 15 is 0 Å². The van der Waals surface area contributed by atoms with Crippen LogP contribution in [0.25, 0.3) is 0 Å². The van der Waals surface area contributed by atoms with Crippen LogP contribution in [0.1, 0.15) is 30.8 Å². The molecule has 1 rings (SSSR count). The molecular weight excluding hydrogens is 313 g/mol. The molecule has 2 N–H and O–H groups in total. The number of hydrogen-bond acceptors (Lipinski definition) is 4. The Morgan fingerprint density at radius 1 is 1.24 bits per heavy atom. The summed E-state index contributed by atoms with van der Waals surface area (Å²) in [5, 5.41) is 0. The Bertz CT molecular complexity index is 526. The second kappa shape index (κ2) is 6.87. The van der Waals surface area contributed by atoms with Crippen molar-refractivity contribution in [1.82, 2.24) is 0 Å². The molecule has 0 aliphatic carbocycles. The first-order valence-electron chi connectivity index (χ1n) is 6.16. The van der Waals surface area contributed by atoms with Crippen LogP contribution < -0.4 is 5.73 Å². The molecule has 120 valence electrons. The molecule has 9 heteroatoms. The predicted molar refractivity (Wildman–Crippen MR) is 69.2 cm³/mol. The maximum atomic E-state index is 13.1. The molecule has 0 aliphatic heterocycles. The molecule has 1 aromatic carbocycles. The average Bonchev–Trinajstić information content (AvgIpc) is 2.37. The van der Waals surface area contributed by atoms with Crippen molar-refractivity contribution < 1.29 is 31.2 Å². The maximum absolute atomic E-state index is 13.1. The summed E-state index contributed by atoms with van der Waals surface area (Å²) in [6.45, 7) is 2.92. The molecule has 0 saturated carbocycles. The topological polar surface area (TPSA) is 61.5 Å². The first kappa shape index (κ1) is 18.1. The number of alkyl halides is 3. The smallest absolute Gasteiger partial charge is 0.314 e. The minimum absolute atomic E-state index is 0.0481. The predicted octanol–water partition coefficient (Wildman–Crippen LogP) is 4.07. The lowest BCUT2D eigenvalue weighted by molar-refractivity contribution is -0.138. The molecule has 0 saturated heterocycles. The van der Waals surface area contributed by atoms with E-state index in [1.165, 1.54) is 13.8 Å². The third-order valence-electron chi connectivity index (χ3n) is 2.60. The van der Waals surface area contributed by atoms with E-state index in [0.29, 0.717) is 6.07 Å². The normalized spacial score (nSPS) is 14.2. The fourth-order valence-corrected chi connectivity index (χ4v) is 3.44. The highest BCUT2D eigenvalue weighted by Gasteiger charge is 2.41. The summed E-state index contributed by atoms with van der Waals surface area (Å²) in [5.41, 5.74) is 3.83. The van der Waals surface area contributed by atoms with Gasteiger partial charge in [0.1, 0.15) is 11.6 Å².